The van der Waals surface area contributed by atoms with E-state index in [1.165, 1.54) is 17.7 Å². The molecule has 162 valence electrons. The average molecular weight is 423 g/mol. The topological polar surface area (TPSA) is 70.7 Å². The Morgan fingerprint density at radius 3 is 2.58 bits per heavy atom. The van der Waals surface area contributed by atoms with E-state index < -0.39 is 18.0 Å². The van der Waals surface area contributed by atoms with Gasteiger partial charge < -0.3 is 15.4 Å². The smallest absolute Gasteiger partial charge is 0.338 e. The first-order valence-corrected chi connectivity index (χ1v) is 10.6. The minimum absolute atomic E-state index is 0.222. The predicted molar refractivity (Wildman–Crippen MR) is 115 cm³/mol. The number of benzene rings is 2. The number of ether oxygens (including phenoxy) is 1. The minimum atomic E-state index is -0.698. The highest BCUT2D eigenvalue weighted by Gasteiger charge is 2.35. The average Bonchev–Trinajstić information content (AvgIpc) is 3.23. The van der Waals surface area contributed by atoms with Crippen LogP contribution < -0.4 is 10.6 Å². The Hall–Kier alpha value is -3.19. The Balaban J connectivity index is 1.61. The van der Waals surface area contributed by atoms with Gasteiger partial charge in [0.05, 0.1) is 18.2 Å². The Kier molecular flexibility index (Phi) is 6.32. The van der Waals surface area contributed by atoms with Crippen LogP contribution in [0, 0.1) is 5.82 Å². The fourth-order valence-corrected chi connectivity index (χ4v) is 4.29. The molecule has 2 atom stereocenters. The molecule has 0 unspecified atom stereocenters. The lowest BCUT2D eigenvalue weighted by molar-refractivity contribution is -0.139. The molecular formula is C24H26FN3O3. The van der Waals surface area contributed by atoms with Crippen LogP contribution in [-0.4, -0.2) is 43.1 Å². The van der Waals surface area contributed by atoms with Crippen LogP contribution in [0.25, 0.3) is 0 Å². The van der Waals surface area contributed by atoms with Crippen molar-refractivity contribution in [2.75, 3.05) is 26.2 Å². The molecule has 4 rings (SSSR count). The zero-order valence-electron chi connectivity index (χ0n) is 17.4. The van der Waals surface area contributed by atoms with Gasteiger partial charge in [-0.25, -0.2) is 14.0 Å². The fourth-order valence-electron chi connectivity index (χ4n) is 4.29. The van der Waals surface area contributed by atoms with Gasteiger partial charge in [-0.1, -0.05) is 42.5 Å². The second-order valence-corrected chi connectivity index (χ2v) is 7.83. The molecule has 2 aliphatic rings. The second-order valence-electron chi connectivity index (χ2n) is 7.83. The molecule has 0 bridgehead atoms. The van der Waals surface area contributed by atoms with Gasteiger partial charge in [0.1, 0.15) is 5.82 Å². The first kappa shape index (κ1) is 21.1. The second kappa shape index (κ2) is 9.31. The highest BCUT2D eigenvalue weighted by atomic mass is 19.1. The van der Waals surface area contributed by atoms with E-state index >= 15 is 0 Å². The monoisotopic (exact) mass is 423 g/mol. The largest absolute Gasteiger partial charge is 0.463 e. The first-order valence-electron chi connectivity index (χ1n) is 10.6. The van der Waals surface area contributed by atoms with Crippen LogP contribution in [0.15, 0.2) is 65.9 Å². The van der Waals surface area contributed by atoms with Crippen molar-refractivity contribution < 1.29 is 18.7 Å². The Bertz CT molecular complexity index is 975. The molecule has 1 fully saturated rings. The van der Waals surface area contributed by atoms with E-state index in [1.807, 2.05) is 18.2 Å². The van der Waals surface area contributed by atoms with Crippen molar-refractivity contribution in [3.63, 3.8) is 0 Å². The normalized spacial score (nSPS) is 21.5. The highest BCUT2D eigenvalue weighted by molar-refractivity contribution is 5.95. The number of carbonyl (C=O) groups excluding carboxylic acids is 2. The quantitative estimate of drug-likeness (QED) is 0.698. The van der Waals surface area contributed by atoms with E-state index in [2.05, 4.69) is 27.7 Å². The van der Waals surface area contributed by atoms with Crippen LogP contribution in [0.4, 0.5) is 9.18 Å². The van der Waals surface area contributed by atoms with Gasteiger partial charge in [0.2, 0.25) is 0 Å². The van der Waals surface area contributed by atoms with Gasteiger partial charge in [0.25, 0.3) is 0 Å². The molecule has 0 saturated carbocycles. The number of likely N-dealkylation sites (tertiary alicyclic amines) is 1. The molecule has 2 aromatic rings. The third-order valence-corrected chi connectivity index (χ3v) is 5.78. The summed E-state index contributed by atoms with van der Waals surface area (Å²) in [7, 11) is 0. The molecule has 6 nitrogen and oxygen atoms in total. The molecule has 31 heavy (non-hydrogen) atoms. The number of urea groups is 1. The number of nitrogens with one attached hydrogen (secondary N) is 2. The summed E-state index contributed by atoms with van der Waals surface area (Å²) in [6.07, 6.45) is 1.01. The number of nitrogens with zero attached hydrogens (tertiary/aromatic N) is 1. The van der Waals surface area contributed by atoms with Gasteiger partial charge in [-0.3, -0.25) is 4.90 Å². The van der Waals surface area contributed by atoms with Gasteiger partial charge in [0, 0.05) is 18.8 Å². The van der Waals surface area contributed by atoms with Gasteiger partial charge >= 0.3 is 12.0 Å². The number of hydrogen-bond acceptors (Lipinski definition) is 4. The van der Waals surface area contributed by atoms with Crippen LogP contribution in [0.5, 0.6) is 0 Å². The number of amides is 2. The molecule has 2 aromatic carbocycles. The molecule has 1 saturated heterocycles. The molecule has 2 aliphatic heterocycles. The number of esters is 1. The maximum Gasteiger partial charge on any atom is 0.338 e. The van der Waals surface area contributed by atoms with Crippen molar-refractivity contribution in [2.45, 2.75) is 25.3 Å². The number of rotatable bonds is 6. The van der Waals surface area contributed by atoms with Gasteiger partial charge in [0.15, 0.2) is 0 Å². The van der Waals surface area contributed by atoms with Crippen molar-refractivity contribution in [1.82, 2.24) is 15.5 Å². The molecule has 2 N–H and O–H groups in total. The lowest BCUT2D eigenvalue weighted by Gasteiger charge is -2.31. The number of halogens is 1. The molecule has 7 heteroatoms. The van der Waals surface area contributed by atoms with Crippen LogP contribution >= 0.6 is 0 Å². The maximum atomic E-state index is 13.4. The van der Waals surface area contributed by atoms with Crippen LogP contribution in [-0.2, 0) is 9.53 Å². The van der Waals surface area contributed by atoms with E-state index in [0.29, 0.717) is 29.3 Å². The van der Waals surface area contributed by atoms with E-state index in [0.717, 1.165) is 19.5 Å². The maximum absolute atomic E-state index is 13.4. The number of hydrogen-bond donors (Lipinski definition) is 2. The van der Waals surface area contributed by atoms with Gasteiger partial charge in [-0.05, 0) is 49.1 Å². The highest BCUT2D eigenvalue weighted by Crippen LogP contribution is 2.31. The van der Waals surface area contributed by atoms with Crippen molar-refractivity contribution in [1.29, 1.82) is 0 Å². The van der Waals surface area contributed by atoms with Crippen LogP contribution in [0.3, 0.4) is 0 Å². The summed E-state index contributed by atoms with van der Waals surface area (Å²) in [5, 5.41) is 5.59. The zero-order valence-corrected chi connectivity index (χ0v) is 17.4. The molecule has 2 heterocycles. The third-order valence-electron chi connectivity index (χ3n) is 5.78. The summed E-state index contributed by atoms with van der Waals surface area (Å²) in [4.78, 5) is 27.5. The number of carbonyl (C=O) groups is 2. The van der Waals surface area contributed by atoms with Crippen LogP contribution in [0.2, 0.25) is 0 Å². The lowest BCUT2D eigenvalue weighted by Crippen LogP contribution is -2.48. The minimum Gasteiger partial charge on any atom is -0.463 e. The van der Waals surface area contributed by atoms with Crippen molar-refractivity contribution in [3.05, 3.63) is 82.8 Å². The molecule has 0 aromatic heterocycles. The summed E-state index contributed by atoms with van der Waals surface area (Å²) in [6.45, 7) is 4.10. The summed E-state index contributed by atoms with van der Waals surface area (Å²) in [5.74, 6) is -0.453. The van der Waals surface area contributed by atoms with E-state index in [-0.39, 0.29) is 12.4 Å². The standard InChI is InChI=1S/C24H26FN3O3/c1-2-31-23(29)21-20(15-28-13-12-18(14-28)16-6-4-3-5-7-16)26-24(30)27-22(21)17-8-10-19(25)11-9-17/h3-11,18,22H,2,12-15H2,1H3,(H2,26,27,30)/t18-,22+/m1/s1. The SMILES string of the molecule is CCOC(=O)C1=C(CN2CC[C@@H](c3ccccc3)C2)NC(=O)N[C@H]1c1ccc(F)cc1. The van der Waals surface area contributed by atoms with E-state index in [9.17, 15) is 14.0 Å². The molecular weight excluding hydrogens is 397 g/mol. The third kappa shape index (κ3) is 4.77. The molecule has 0 aliphatic carbocycles. The van der Waals surface area contributed by atoms with Crippen molar-refractivity contribution >= 4 is 12.0 Å². The summed E-state index contributed by atoms with van der Waals surface area (Å²) in [6, 6.07) is 15.0. The first-order chi connectivity index (χ1) is 15.0. The summed E-state index contributed by atoms with van der Waals surface area (Å²) >= 11 is 0. The molecule has 2 amide bonds. The summed E-state index contributed by atoms with van der Waals surface area (Å²) in [5.41, 5.74) is 2.81. The van der Waals surface area contributed by atoms with E-state index in [1.54, 1.807) is 19.1 Å². The fraction of sp³-hybridized carbons (Fsp3) is 0.333. The predicted octanol–water partition coefficient (Wildman–Crippen LogP) is 3.49. The van der Waals surface area contributed by atoms with Crippen LogP contribution in [0.1, 0.15) is 36.4 Å². The molecule has 0 radical (unpaired) electrons. The van der Waals surface area contributed by atoms with E-state index in [4.69, 9.17) is 4.74 Å². The zero-order chi connectivity index (χ0) is 21.8. The van der Waals surface area contributed by atoms with Crippen molar-refractivity contribution in [2.24, 2.45) is 0 Å². The van der Waals surface area contributed by atoms with Gasteiger partial charge in [-0.2, -0.15) is 0 Å². The Labute approximate surface area is 181 Å². The summed E-state index contributed by atoms with van der Waals surface area (Å²) < 4.78 is 18.7. The Morgan fingerprint density at radius 1 is 1.13 bits per heavy atom. The van der Waals surface area contributed by atoms with Crippen molar-refractivity contribution in [3.8, 4) is 0 Å². The van der Waals surface area contributed by atoms with Gasteiger partial charge in [-0.15, -0.1) is 0 Å². The lowest BCUT2D eigenvalue weighted by atomic mass is 9.95. The molecule has 0 spiro atoms. The Morgan fingerprint density at radius 2 is 1.87 bits per heavy atom.